The van der Waals surface area contributed by atoms with Gasteiger partial charge in [0.1, 0.15) is 0 Å². The third kappa shape index (κ3) is 6.77. The lowest BCUT2D eigenvalue weighted by Crippen LogP contribution is -1.99. The molecule has 0 aliphatic heterocycles. The Balaban J connectivity index is 2.13. The van der Waals surface area contributed by atoms with Crippen LogP contribution >= 0.6 is 0 Å². The van der Waals surface area contributed by atoms with Gasteiger partial charge in [-0.2, -0.15) is 0 Å². The van der Waals surface area contributed by atoms with Crippen molar-refractivity contribution in [2.24, 2.45) is 5.92 Å². The van der Waals surface area contributed by atoms with Crippen LogP contribution in [0.25, 0.3) is 0 Å². The fourth-order valence-electron chi connectivity index (χ4n) is 2.12. The minimum absolute atomic E-state index is 0.815. The smallest absolute Gasteiger partial charge is 0.0827 e. The molecule has 3 nitrogen and oxygen atoms in total. The summed E-state index contributed by atoms with van der Waals surface area (Å²) < 4.78 is 2.01. The summed E-state index contributed by atoms with van der Waals surface area (Å²) in [6.07, 6.45) is 12.2. The Labute approximate surface area is 112 Å². The molecular formula is C15H29N3. The van der Waals surface area contributed by atoms with E-state index in [1.54, 1.807) is 0 Å². The summed E-state index contributed by atoms with van der Waals surface area (Å²) in [4.78, 5) is 0. The SMILES string of the molecule is CCCCCCc1cn(CCCCC(C)C)nn1. The third-order valence-corrected chi connectivity index (χ3v) is 3.29. The summed E-state index contributed by atoms with van der Waals surface area (Å²) >= 11 is 0. The number of hydrogen-bond donors (Lipinski definition) is 0. The monoisotopic (exact) mass is 251 g/mol. The van der Waals surface area contributed by atoms with E-state index in [0.29, 0.717) is 0 Å². The van der Waals surface area contributed by atoms with Crippen molar-refractivity contribution in [3.63, 3.8) is 0 Å². The van der Waals surface area contributed by atoms with E-state index in [1.807, 2.05) is 4.68 Å². The highest BCUT2D eigenvalue weighted by Crippen LogP contribution is 2.08. The van der Waals surface area contributed by atoms with Gasteiger partial charge in [0.25, 0.3) is 0 Å². The second-order valence-corrected chi connectivity index (χ2v) is 5.67. The number of nitrogens with zero attached hydrogens (tertiary/aromatic N) is 3. The highest BCUT2D eigenvalue weighted by Gasteiger charge is 2.01. The highest BCUT2D eigenvalue weighted by molar-refractivity contribution is 4.92. The molecule has 0 saturated heterocycles. The molecule has 0 aliphatic rings. The molecule has 0 fully saturated rings. The van der Waals surface area contributed by atoms with E-state index in [0.717, 1.165) is 24.6 Å². The zero-order chi connectivity index (χ0) is 13.2. The molecule has 0 saturated carbocycles. The molecule has 0 bridgehead atoms. The van der Waals surface area contributed by atoms with Gasteiger partial charge in [0, 0.05) is 12.7 Å². The van der Waals surface area contributed by atoms with Crippen molar-refractivity contribution < 1.29 is 0 Å². The Morgan fingerprint density at radius 3 is 2.67 bits per heavy atom. The van der Waals surface area contributed by atoms with Crippen LogP contribution in [0.4, 0.5) is 0 Å². The molecular weight excluding hydrogens is 222 g/mol. The lowest BCUT2D eigenvalue weighted by molar-refractivity contribution is 0.485. The summed E-state index contributed by atoms with van der Waals surface area (Å²) in [6.45, 7) is 7.83. The Morgan fingerprint density at radius 1 is 1.11 bits per heavy atom. The molecule has 1 heterocycles. The van der Waals surface area contributed by atoms with E-state index in [4.69, 9.17) is 0 Å². The molecule has 104 valence electrons. The van der Waals surface area contributed by atoms with Crippen LogP contribution < -0.4 is 0 Å². The second kappa shape index (κ2) is 9.12. The maximum absolute atomic E-state index is 4.24. The van der Waals surface area contributed by atoms with Gasteiger partial charge in [-0.1, -0.05) is 58.1 Å². The predicted octanol–water partition coefficient (Wildman–Crippen LogP) is 4.23. The summed E-state index contributed by atoms with van der Waals surface area (Å²) in [5.41, 5.74) is 1.16. The number of rotatable bonds is 10. The van der Waals surface area contributed by atoms with E-state index >= 15 is 0 Å². The van der Waals surface area contributed by atoms with Crippen LogP contribution in [0.2, 0.25) is 0 Å². The maximum atomic E-state index is 4.24. The van der Waals surface area contributed by atoms with E-state index < -0.39 is 0 Å². The van der Waals surface area contributed by atoms with Crippen molar-refractivity contribution in [1.82, 2.24) is 15.0 Å². The Hall–Kier alpha value is -0.860. The molecule has 0 radical (unpaired) electrons. The van der Waals surface area contributed by atoms with Gasteiger partial charge in [0.05, 0.1) is 5.69 Å². The fourth-order valence-corrected chi connectivity index (χ4v) is 2.12. The van der Waals surface area contributed by atoms with E-state index in [-0.39, 0.29) is 0 Å². The molecule has 1 rings (SSSR count). The molecule has 3 heteroatoms. The van der Waals surface area contributed by atoms with Crippen LogP contribution in [0.3, 0.4) is 0 Å². The summed E-state index contributed by atoms with van der Waals surface area (Å²) in [6, 6.07) is 0. The van der Waals surface area contributed by atoms with Crippen molar-refractivity contribution in [3.05, 3.63) is 11.9 Å². The quantitative estimate of drug-likeness (QED) is 0.583. The van der Waals surface area contributed by atoms with Gasteiger partial charge in [-0.05, 0) is 25.2 Å². The first-order chi connectivity index (χ1) is 8.72. The lowest BCUT2D eigenvalue weighted by atomic mass is 10.1. The molecule has 0 amide bonds. The zero-order valence-electron chi connectivity index (χ0n) is 12.4. The predicted molar refractivity (Wildman–Crippen MR) is 76.6 cm³/mol. The molecule has 0 N–H and O–H groups in total. The lowest BCUT2D eigenvalue weighted by Gasteiger charge is -2.03. The molecule has 0 atom stereocenters. The first-order valence-corrected chi connectivity index (χ1v) is 7.61. The van der Waals surface area contributed by atoms with Crippen molar-refractivity contribution in [2.45, 2.75) is 78.7 Å². The normalized spacial score (nSPS) is 11.3. The van der Waals surface area contributed by atoms with Gasteiger partial charge in [0.15, 0.2) is 0 Å². The minimum Gasteiger partial charge on any atom is -0.252 e. The van der Waals surface area contributed by atoms with Gasteiger partial charge >= 0.3 is 0 Å². The van der Waals surface area contributed by atoms with Crippen LogP contribution in [0.15, 0.2) is 6.20 Å². The molecule has 1 aromatic heterocycles. The number of hydrogen-bond acceptors (Lipinski definition) is 2. The molecule has 0 aliphatic carbocycles. The molecule has 18 heavy (non-hydrogen) atoms. The number of unbranched alkanes of at least 4 members (excludes halogenated alkanes) is 4. The molecule has 0 aromatic carbocycles. The summed E-state index contributed by atoms with van der Waals surface area (Å²) in [5, 5.41) is 8.44. The Morgan fingerprint density at radius 2 is 1.94 bits per heavy atom. The Bertz CT molecular complexity index is 304. The first kappa shape index (κ1) is 15.2. The van der Waals surface area contributed by atoms with Crippen LogP contribution in [-0.2, 0) is 13.0 Å². The summed E-state index contributed by atoms with van der Waals surface area (Å²) in [7, 11) is 0. The van der Waals surface area contributed by atoms with Gasteiger partial charge < -0.3 is 0 Å². The number of aryl methyl sites for hydroxylation is 2. The zero-order valence-corrected chi connectivity index (χ0v) is 12.4. The van der Waals surface area contributed by atoms with Crippen molar-refractivity contribution >= 4 is 0 Å². The van der Waals surface area contributed by atoms with Crippen LogP contribution in [0.1, 0.15) is 71.4 Å². The van der Waals surface area contributed by atoms with Gasteiger partial charge in [-0.25, -0.2) is 0 Å². The third-order valence-electron chi connectivity index (χ3n) is 3.29. The topological polar surface area (TPSA) is 30.7 Å². The minimum atomic E-state index is 0.815. The van der Waals surface area contributed by atoms with Gasteiger partial charge in [-0.3, -0.25) is 4.68 Å². The standard InChI is InChI=1S/C15H29N3/c1-4-5-6-7-11-15-13-18(17-16-15)12-9-8-10-14(2)3/h13-14H,4-12H2,1-3H3. The molecule has 0 unspecified atom stereocenters. The first-order valence-electron chi connectivity index (χ1n) is 7.61. The van der Waals surface area contributed by atoms with Crippen LogP contribution in [0, 0.1) is 5.92 Å². The average molecular weight is 251 g/mol. The Kier molecular flexibility index (Phi) is 7.70. The van der Waals surface area contributed by atoms with Crippen molar-refractivity contribution in [3.8, 4) is 0 Å². The molecule has 1 aromatic rings. The second-order valence-electron chi connectivity index (χ2n) is 5.67. The summed E-state index contributed by atoms with van der Waals surface area (Å²) in [5.74, 6) is 0.815. The number of aromatic nitrogens is 3. The highest BCUT2D eigenvalue weighted by atomic mass is 15.4. The van der Waals surface area contributed by atoms with E-state index in [9.17, 15) is 0 Å². The van der Waals surface area contributed by atoms with Gasteiger partial charge in [0.2, 0.25) is 0 Å². The van der Waals surface area contributed by atoms with Crippen LogP contribution in [-0.4, -0.2) is 15.0 Å². The van der Waals surface area contributed by atoms with E-state index in [2.05, 4.69) is 37.3 Å². The van der Waals surface area contributed by atoms with Crippen molar-refractivity contribution in [2.75, 3.05) is 0 Å². The maximum Gasteiger partial charge on any atom is 0.0827 e. The van der Waals surface area contributed by atoms with Gasteiger partial charge in [-0.15, -0.1) is 5.10 Å². The average Bonchev–Trinajstić information content (AvgIpc) is 2.78. The van der Waals surface area contributed by atoms with E-state index in [1.165, 1.54) is 44.9 Å². The fraction of sp³-hybridized carbons (Fsp3) is 0.867. The molecule has 0 spiro atoms. The van der Waals surface area contributed by atoms with Crippen molar-refractivity contribution in [1.29, 1.82) is 0 Å². The largest absolute Gasteiger partial charge is 0.252 e. The van der Waals surface area contributed by atoms with Crippen LogP contribution in [0.5, 0.6) is 0 Å².